The van der Waals surface area contributed by atoms with Crippen molar-refractivity contribution in [2.24, 2.45) is 0 Å². The highest BCUT2D eigenvalue weighted by Gasteiger charge is 2.27. The first-order valence-electron chi connectivity index (χ1n) is 5.26. The first-order chi connectivity index (χ1) is 7.49. The van der Waals surface area contributed by atoms with Crippen LogP contribution in [0, 0.1) is 0 Å². The minimum Gasteiger partial charge on any atom is -0.493 e. The van der Waals surface area contributed by atoms with Gasteiger partial charge >= 0.3 is 5.97 Å². The van der Waals surface area contributed by atoms with Crippen molar-refractivity contribution in [2.45, 2.75) is 25.8 Å². The maximum Gasteiger partial charge on any atom is 0.328 e. The van der Waals surface area contributed by atoms with Gasteiger partial charge in [-0.05, 0) is 37.6 Å². The Morgan fingerprint density at radius 1 is 1.50 bits per heavy atom. The highest BCUT2D eigenvalue weighted by Crippen LogP contribution is 2.28. The summed E-state index contributed by atoms with van der Waals surface area (Å²) in [6.07, 6.45) is 0.887. The molecule has 2 N–H and O–H groups in total. The average molecular weight is 221 g/mol. The Hall–Kier alpha value is -1.71. The molecule has 4 nitrogen and oxygen atoms in total. The lowest BCUT2D eigenvalue weighted by atomic mass is 10.0. The molecule has 0 unspecified atom stereocenters. The van der Waals surface area contributed by atoms with Crippen LogP contribution < -0.4 is 10.1 Å². The van der Waals surface area contributed by atoms with Gasteiger partial charge in [-0.1, -0.05) is 0 Å². The van der Waals surface area contributed by atoms with E-state index in [-0.39, 0.29) is 0 Å². The summed E-state index contributed by atoms with van der Waals surface area (Å²) in [7, 11) is 0. The van der Waals surface area contributed by atoms with Crippen molar-refractivity contribution in [3.05, 3.63) is 23.8 Å². The van der Waals surface area contributed by atoms with E-state index in [0.29, 0.717) is 6.61 Å². The lowest BCUT2D eigenvalue weighted by molar-refractivity contribution is -0.141. The first kappa shape index (κ1) is 10.8. The zero-order chi connectivity index (χ0) is 11.8. The molecule has 1 aliphatic heterocycles. The van der Waals surface area contributed by atoms with Crippen LogP contribution in [0.4, 0.5) is 5.69 Å². The van der Waals surface area contributed by atoms with Gasteiger partial charge in [-0.15, -0.1) is 0 Å². The van der Waals surface area contributed by atoms with Crippen molar-refractivity contribution in [1.29, 1.82) is 0 Å². The highest BCUT2D eigenvalue weighted by molar-refractivity contribution is 5.81. The maximum absolute atomic E-state index is 11.0. The van der Waals surface area contributed by atoms with Gasteiger partial charge in [0, 0.05) is 12.1 Å². The number of nitrogens with one attached hydrogen (secondary N) is 1. The second-order valence-electron chi connectivity index (χ2n) is 4.48. The Kier molecular flexibility index (Phi) is 2.50. The van der Waals surface area contributed by atoms with E-state index < -0.39 is 11.5 Å². The molecule has 0 fully saturated rings. The summed E-state index contributed by atoms with van der Waals surface area (Å²) in [6, 6.07) is 5.67. The average Bonchev–Trinajstić information content (AvgIpc) is 2.63. The molecule has 0 aromatic heterocycles. The lowest BCUT2D eigenvalue weighted by Crippen LogP contribution is -2.39. The molecule has 0 saturated carbocycles. The Morgan fingerprint density at radius 2 is 2.25 bits per heavy atom. The van der Waals surface area contributed by atoms with Crippen LogP contribution in [0.25, 0.3) is 0 Å². The van der Waals surface area contributed by atoms with E-state index in [9.17, 15) is 4.79 Å². The van der Waals surface area contributed by atoms with Crippen LogP contribution in [0.5, 0.6) is 5.75 Å². The van der Waals surface area contributed by atoms with Crippen molar-refractivity contribution >= 4 is 11.7 Å². The molecule has 0 bridgehead atoms. The van der Waals surface area contributed by atoms with Gasteiger partial charge in [0.2, 0.25) is 0 Å². The predicted molar refractivity (Wildman–Crippen MR) is 61.0 cm³/mol. The number of aliphatic carboxylic acids is 1. The fraction of sp³-hybridized carbons (Fsp3) is 0.417. The smallest absolute Gasteiger partial charge is 0.328 e. The van der Waals surface area contributed by atoms with Crippen LogP contribution >= 0.6 is 0 Å². The van der Waals surface area contributed by atoms with Crippen molar-refractivity contribution in [2.75, 3.05) is 11.9 Å². The van der Waals surface area contributed by atoms with E-state index in [1.165, 1.54) is 0 Å². The molecule has 1 aromatic rings. The third-order valence-electron chi connectivity index (χ3n) is 2.68. The molecular formula is C12H15NO3. The van der Waals surface area contributed by atoms with E-state index in [1.807, 2.05) is 18.2 Å². The van der Waals surface area contributed by atoms with E-state index in [2.05, 4.69) is 5.32 Å². The minimum absolute atomic E-state index is 0.709. The molecule has 86 valence electrons. The molecule has 0 radical (unpaired) electrons. The first-order valence-corrected chi connectivity index (χ1v) is 5.26. The molecule has 1 heterocycles. The number of benzene rings is 1. The van der Waals surface area contributed by atoms with Gasteiger partial charge < -0.3 is 15.2 Å². The number of rotatable bonds is 3. The molecule has 0 amide bonds. The third kappa shape index (κ3) is 1.96. The van der Waals surface area contributed by atoms with Crippen LogP contribution in [0.3, 0.4) is 0 Å². The third-order valence-corrected chi connectivity index (χ3v) is 2.68. The number of carbonyl (C=O) groups is 1. The van der Waals surface area contributed by atoms with E-state index in [1.54, 1.807) is 13.8 Å². The molecule has 4 heteroatoms. The summed E-state index contributed by atoms with van der Waals surface area (Å²) >= 11 is 0. The zero-order valence-corrected chi connectivity index (χ0v) is 9.41. The Morgan fingerprint density at radius 3 is 2.94 bits per heavy atom. The summed E-state index contributed by atoms with van der Waals surface area (Å²) in [5.41, 5.74) is 0.982. The van der Waals surface area contributed by atoms with Crippen LogP contribution in [0.15, 0.2) is 18.2 Å². The summed E-state index contributed by atoms with van der Waals surface area (Å²) in [5, 5.41) is 12.0. The number of hydrogen-bond donors (Lipinski definition) is 2. The van der Waals surface area contributed by atoms with Crippen molar-refractivity contribution in [3.63, 3.8) is 0 Å². The quantitative estimate of drug-likeness (QED) is 0.818. The largest absolute Gasteiger partial charge is 0.493 e. The van der Waals surface area contributed by atoms with Gasteiger partial charge in [-0.2, -0.15) is 0 Å². The molecule has 0 spiro atoms. The zero-order valence-electron chi connectivity index (χ0n) is 9.41. The van der Waals surface area contributed by atoms with Gasteiger partial charge in [-0.3, -0.25) is 0 Å². The second-order valence-corrected chi connectivity index (χ2v) is 4.48. The molecular weight excluding hydrogens is 206 g/mol. The Bertz CT molecular complexity index is 426. The number of ether oxygens (including phenoxy) is 1. The molecule has 0 aliphatic carbocycles. The summed E-state index contributed by atoms with van der Waals surface area (Å²) in [6.45, 7) is 3.99. The normalized spacial score (nSPS) is 14.1. The van der Waals surface area contributed by atoms with Crippen LogP contribution in [0.1, 0.15) is 19.4 Å². The molecule has 0 atom stereocenters. The molecule has 1 aliphatic rings. The van der Waals surface area contributed by atoms with Gasteiger partial charge in [0.05, 0.1) is 6.61 Å². The fourth-order valence-electron chi connectivity index (χ4n) is 1.68. The van der Waals surface area contributed by atoms with Crippen LogP contribution in [-0.4, -0.2) is 23.2 Å². The van der Waals surface area contributed by atoms with Gasteiger partial charge in [-0.25, -0.2) is 4.79 Å². The Balaban J connectivity index is 2.20. The Labute approximate surface area is 94.2 Å². The molecule has 2 rings (SSSR count). The van der Waals surface area contributed by atoms with Crippen molar-refractivity contribution < 1.29 is 14.6 Å². The number of carboxylic acids is 1. The summed E-state index contributed by atoms with van der Waals surface area (Å²) in [5.74, 6) is 0.0305. The SMILES string of the molecule is CC(C)(Nc1ccc2c(c1)CCO2)C(=O)O. The number of fused-ring (bicyclic) bond motifs is 1. The number of carboxylic acid groups (broad SMARTS) is 1. The number of hydrogen-bond acceptors (Lipinski definition) is 3. The standard InChI is InChI=1S/C12H15NO3/c1-12(2,11(14)15)13-9-3-4-10-8(7-9)5-6-16-10/h3-4,7,13H,5-6H2,1-2H3,(H,14,15). The maximum atomic E-state index is 11.0. The second kappa shape index (κ2) is 3.70. The van der Waals surface area contributed by atoms with Gasteiger partial charge in [0.15, 0.2) is 0 Å². The topological polar surface area (TPSA) is 58.6 Å². The molecule has 1 aromatic carbocycles. The highest BCUT2D eigenvalue weighted by atomic mass is 16.5. The monoisotopic (exact) mass is 221 g/mol. The van der Waals surface area contributed by atoms with Crippen LogP contribution in [-0.2, 0) is 11.2 Å². The predicted octanol–water partition coefficient (Wildman–Crippen LogP) is 1.90. The van der Waals surface area contributed by atoms with Gasteiger partial charge in [0.1, 0.15) is 11.3 Å². The van der Waals surface area contributed by atoms with Gasteiger partial charge in [0.25, 0.3) is 0 Å². The number of anilines is 1. The molecule has 16 heavy (non-hydrogen) atoms. The summed E-state index contributed by atoms with van der Waals surface area (Å²) in [4.78, 5) is 11.0. The molecule has 0 saturated heterocycles. The van der Waals surface area contributed by atoms with Crippen LogP contribution in [0.2, 0.25) is 0 Å². The summed E-state index contributed by atoms with van der Waals surface area (Å²) < 4.78 is 5.39. The lowest BCUT2D eigenvalue weighted by Gasteiger charge is -2.22. The van der Waals surface area contributed by atoms with Crippen molar-refractivity contribution in [1.82, 2.24) is 0 Å². The van der Waals surface area contributed by atoms with E-state index in [0.717, 1.165) is 23.4 Å². The van der Waals surface area contributed by atoms with Crippen molar-refractivity contribution in [3.8, 4) is 5.75 Å². The minimum atomic E-state index is -0.965. The van der Waals surface area contributed by atoms with E-state index in [4.69, 9.17) is 9.84 Å². The van der Waals surface area contributed by atoms with E-state index >= 15 is 0 Å². The fourth-order valence-corrected chi connectivity index (χ4v) is 1.68.